The minimum Gasteiger partial charge on any atom is -0.488 e. The van der Waals surface area contributed by atoms with Gasteiger partial charge < -0.3 is 15.8 Å². The molecule has 0 fully saturated rings. The van der Waals surface area contributed by atoms with Crippen LogP contribution >= 0.6 is 11.3 Å². The van der Waals surface area contributed by atoms with Gasteiger partial charge in [-0.1, -0.05) is 42.5 Å². The van der Waals surface area contributed by atoms with Crippen LogP contribution in [0.2, 0.25) is 0 Å². The monoisotopic (exact) mass is 430 g/mol. The molecule has 156 valence electrons. The van der Waals surface area contributed by atoms with Crippen molar-refractivity contribution in [3.05, 3.63) is 70.2 Å². The van der Waals surface area contributed by atoms with Gasteiger partial charge in [-0.05, 0) is 31.4 Å². The predicted octanol–water partition coefficient (Wildman–Crippen LogP) is 4.70. The summed E-state index contributed by atoms with van der Waals surface area (Å²) in [5, 5.41) is 4.39. The van der Waals surface area contributed by atoms with Gasteiger partial charge in [0.25, 0.3) is 0 Å². The van der Waals surface area contributed by atoms with Crippen molar-refractivity contribution in [2.75, 3.05) is 11.9 Å². The van der Waals surface area contributed by atoms with Crippen molar-refractivity contribution in [1.29, 1.82) is 0 Å². The van der Waals surface area contributed by atoms with E-state index in [1.165, 1.54) is 0 Å². The number of hydrogen-bond donors (Lipinski definition) is 2. The highest BCUT2D eigenvalue weighted by molar-refractivity contribution is 7.20. The summed E-state index contributed by atoms with van der Waals surface area (Å²) in [6.45, 7) is 3.33. The Labute approximate surface area is 184 Å². The highest BCUT2D eigenvalue weighted by Gasteiger charge is 2.23. The number of ether oxygens (including phenoxy) is 1. The van der Waals surface area contributed by atoms with E-state index in [4.69, 9.17) is 20.4 Å². The van der Waals surface area contributed by atoms with Crippen molar-refractivity contribution in [3.63, 3.8) is 0 Å². The van der Waals surface area contributed by atoms with Crippen LogP contribution in [0.3, 0.4) is 0 Å². The van der Waals surface area contributed by atoms with Crippen LogP contribution in [0.25, 0.3) is 21.5 Å². The summed E-state index contributed by atoms with van der Waals surface area (Å²) in [4.78, 5) is 22.7. The van der Waals surface area contributed by atoms with Gasteiger partial charge in [-0.2, -0.15) is 0 Å². The Morgan fingerprint density at radius 2 is 2.00 bits per heavy atom. The number of benzene rings is 2. The largest absolute Gasteiger partial charge is 0.488 e. The number of anilines is 1. The molecular formula is C24H22N4O2S. The maximum atomic E-state index is 11.9. The number of carbonyl (C=O) groups excluding carboxylic acids is 1. The number of primary amides is 1. The maximum Gasteiger partial charge on any atom is 0.250 e. The Balaban J connectivity index is 1.62. The SMILES string of the molecule is Cc1sc2c(C(N)=O)cccc2c1-c1nc2c(c(NCc3ccccc3)n1)OCCC2. The van der Waals surface area contributed by atoms with Crippen LogP contribution in [-0.2, 0) is 13.0 Å². The Bertz CT molecular complexity index is 1280. The van der Waals surface area contributed by atoms with E-state index in [2.05, 4.69) is 17.4 Å². The molecule has 1 aliphatic rings. The lowest BCUT2D eigenvalue weighted by molar-refractivity contribution is 0.100. The number of nitrogens with zero attached hydrogens (tertiary/aromatic N) is 2. The molecule has 0 bridgehead atoms. The normalized spacial score (nSPS) is 12.9. The molecule has 3 heterocycles. The Morgan fingerprint density at radius 1 is 1.16 bits per heavy atom. The smallest absolute Gasteiger partial charge is 0.250 e. The molecule has 5 rings (SSSR count). The highest BCUT2D eigenvalue weighted by Crippen LogP contribution is 2.41. The van der Waals surface area contributed by atoms with E-state index in [9.17, 15) is 4.79 Å². The number of thiophene rings is 1. The van der Waals surface area contributed by atoms with Crippen molar-refractivity contribution in [1.82, 2.24) is 9.97 Å². The second-order valence-electron chi connectivity index (χ2n) is 7.54. The van der Waals surface area contributed by atoms with Crippen molar-refractivity contribution >= 4 is 33.1 Å². The van der Waals surface area contributed by atoms with Crippen LogP contribution in [0.15, 0.2) is 48.5 Å². The van der Waals surface area contributed by atoms with Gasteiger partial charge >= 0.3 is 0 Å². The molecule has 0 saturated heterocycles. The zero-order chi connectivity index (χ0) is 21.4. The average Bonchev–Trinajstić information content (AvgIpc) is 3.13. The first-order valence-electron chi connectivity index (χ1n) is 10.3. The molecule has 0 saturated carbocycles. The molecule has 0 radical (unpaired) electrons. The number of hydrogen-bond acceptors (Lipinski definition) is 6. The molecule has 2 aromatic carbocycles. The molecule has 1 aliphatic heterocycles. The average molecular weight is 431 g/mol. The summed E-state index contributed by atoms with van der Waals surface area (Å²) in [6, 6.07) is 15.8. The van der Waals surface area contributed by atoms with Crippen molar-refractivity contribution in [3.8, 4) is 17.1 Å². The van der Waals surface area contributed by atoms with Gasteiger partial charge in [-0.25, -0.2) is 9.97 Å². The number of aromatic nitrogens is 2. The van der Waals surface area contributed by atoms with Crippen LogP contribution in [0.5, 0.6) is 5.75 Å². The van der Waals surface area contributed by atoms with Crippen molar-refractivity contribution < 1.29 is 9.53 Å². The van der Waals surface area contributed by atoms with E-state index in [-0.39, 0.29) is 0 Å². The van der Waals surface area contributed by atoms with Crippen molar-refractivity contribution in [2.45, 2.75) is 26.3 Å². The number of aryl methyl sites for hydroxylation is 2. The minimum atomic E-state index is -0.427. The maximum absolute atomic E-state index is 11.9. The van der Waals surface area contributed by atoms with E-state index in [1.807, 2.05) is 37.3 Å². The van der Waals surface area contributed by atoms with Crippen molar-refractivity contribution in [2.24, 2.45) is 5.73 Å². The molecule has 7 heteroatoms. The molecule has 1 amide bonds. The lowest BCUT2D eigenvalue weighted by Gasteiger charge is -2.20. The second-order valence-corrected chi connectivity index (χ2v) is 8.77. The van der Waals surface area contributed by atoms with E-state index in [0.717, 1.165) is 50.4 Å². The number of nitrogens with one attached hydrogen (secondary N) is 1. The third-order valence-electron chi connectivity index (χ3n) is 5.42. The quantitative estimate of drug-likeness (QED) is 0.479. The number of fused-ring (bicyclic) bond motifs is 2. The fourth-order valence-corrected chi connectivity index (χ4v) is 5.12. The number of carbonyl (C=O) groups is 1. The van der Waals surface area contributed by atoms with Gasteiger partial charge in [0.05, 0.1) is 17.9 Å². The topological polar surface area (TPSA) is 90.1 Å². The predicted molar refractivity (Wildman–Crippen MR) is 124 cm³/mol. The third-order valence-corrected chi connectivity index (χ3v) is 6.58. The summed E-state index contributed by atoms with van der Waals surface area (Å²) in [6.07, 6.45) is 1.77. The van der Waals surface area contributed by atoms with Crippen LogP contribution in [0.1, 0.15) is 32.9 Å². The van der Waals surface area contributed by atoms with Crippen LogP contribution in [-0.4, -0.2) is 22.5 Å². The van der Waals surface area contributed by atoms with E-state index in [0.29, 0.717) is 30.4 Å². The third kappa shape index (κ3) is 3.61. The lowest BCUT2D eigenvalue weighted by Crippen LogP contribution is -2.15. The molecule has 31 heavy (non-hydrogen) atoms. The zero-order valence-corrected chi connectivity index (χ0v) is 18.0. The summed E-state index contributed by atoms with van der Waals surface area (Å²) in [7, 11) is 0. The molecule has 0 aliphatic carbocycles. The standard InChI is InChI=1S/C24H22N4O2S/c1-14-19(16-9-5-10-17(22(25)29)21(16)31-14)23-27-18-11-6-12-30-20(18)24(28-23)26-13-15-7-3-2-4-8-15/h2-5,7-10H,6,11-13H2,1H3,(H2,25,29)(H,26,27,28). The van der Waals surface area contributed by atoms with Gasteiger partial charge in [0.15, 0.2) is 17.4 Å². The van der Waals surface area contributed by atoms with Gasteiger partial charge in [0, 0.05) is 27.1 Å². The molecule has 0 atom stereocenters. The first-order valence-corrected chi connectivity index (χ1v) is 11.1. The zero-order valence-electron chi connectivity index (χ0n) is 17.1. The summed E-state index contributed by atoms with van der Waals surface area (Å²) >= 11 is 1.55. The molecule has 2 aromatic heterocycles. The molecule has 6 nitrogen and oxygen atoms in total. The first kappa shape index (κ1) is 19.5. The second kappa shape index (κ2) is 8.00. The Kier molecular flexibility index (Phi) is 5.03. The molecule has 4 aromatic rings. The number of rotatable bonds is 5. The van der Waals surface area contributed by atoms with Gasteiger partial charge in [0.2, 0.25) is 5.91 Å². The molecule has 3 N–H and O–H groups in total. The number of nitrogens with two attached hydrogens (primary N) is 1. The van der Waals surface area contributed by atoms with Gasteiger partial charge in [-0.3, -0.25) is 4.79 Å². The fourth-order valence-electron chi connectivity index (χ4n) is 3.95. The summed E-state index contributed by atoms with van der Waals surface area (Å²) in [5.74, 6) is 1.66. The van der Waals surface area contributed by atoms with Crippen LogP contribution in [0, 0.1) is 6.92 Å². The van der Waals surface area contributed by atoms with E-state index < -0.39 is 5.91 Å². The molecule has 0 spiro atoms. The highest BCUT2D eigenvalue weighted by atomic mass is 32.1. The summed E-state index contributed by atoms with van der Waals surface area (Å²) < 4.78 is 6.81. The minimum absolute atomic E-state index is 0.427. The number of amides is 1. The first-order chi connectivity index (χ1) is 15.1. The molecule has 0 unspecified atom stereocenters. The van der Waals surface area contributed by atoms with Gasteiger partial charge in [-0.15, -0.1) is 11.3 Å². The van der Waals surface area contributed by atoms with E-state index in [1.54, 1.807) is 17.4 Å². The summed E-state index contributed by atoms with van der Waals surface area (Å²) in [5.41, 5.74) is 9.15. The van der Waals surface area contributed by atoms with E-state index >= 15 is 0 Å². The fraction of sp³-hybridized carbons (Fsp3) is 0.208. The van der Waals surface area contributed by atoms with Crippen LogP contribution in [0.4, 0.5) is 5.82 Å². The molecular weight excluding hydrogens is 408 g/mol. The van der Waals surface area contributed by atoms with Gasteiger partial charge in [0.1, 0.15) is 0 Å². The Morgan fingerprint density at radius 3 is 2.81 bits per heavy atom. The lowest BCUT2D eigenvalue weighted by atomic mass is 10.1. The Hall–Kier alpha value is -3.45. The van der Waals surface area contributed by atoms with Crippen LogP contribution < -0.4 is 15.8 Å².